The number of rotatable bonds is 5. The van der Waals surface area contributed by atoms with Crippen molar-refractivity contribution in [2.45, 2.75) is 6.04 Å². The fourth-order valence-corrected chi connectivity index (χ4v) is 1.58. The van der Waals surface area contributed by atoms with E-state index in [1.54, 1.807) is 14.2 Å². The standard InChI is InChI=1S/C12H20N2O2/c1-14(2)8-10(13)9-5-6-11(15-3)12(7-9)16-4/h5-7,10H,8,13H2,1-4H3. The lowest BCUT2D eigenvalue weighted by Gasteiger charge is -2.18. The first-order valence-corrected chi connectivity index (χ1v) is 5.20. The summed E-state index contributed by atoms with van der Waals surface area (Å²) in [7, 11) is 7.25. The second-order valence-corrected chi connectivity index (χ2v) is 3.98. The van der Waals surface area contributed by atoms with E-state index in [4.69, 9.17) is 15.2 Å². The average molecular weight is 224 g/mol. The van der Waals surface area contributed by atoms with Gasteiger partial charge in [-0.05, 0) is 31.8 Å². The Bertz CT molecular complexity index is 340. The zero-order valence-electron chi connectivity index (χ0n) is 10.4. The minimum absolute atomic E-state index is 0.0187. The maximum Gasteiger partial charge on any atom is 0.161 e. The molecule has 1 aromatic carbocycles. The summed E-state index contributed by atoms with van der Waals surface area (Å²) < 4.78 is 10.4. The van der Waals surface area contributed by atoms with Crippen LogP contribution < -0.4 is 15.2 Å². The highest BCUT2D eigenvalue weighted by molar-refractivity contribution is 5.43. The fraction of sp³-hybridized carbons (Fsp3) is 0.500. The third-order valence-corrected chi connectivity index (χ3v) is 2.40. The molecule has 90 valence electrons. The highest BCUT2D eigenvalue weighted by Crippen LogP contribution is 2.29. The molecule has 16 heavy (non-hydrogen) atoms. The zero-order chi connectivity index (χ0) is 12.1. The number of benzene rings is 1. The number of ether oxygens (including phenoxy) is 2. The molecule has 0 aromatic heterocycles. The summed E-state index contributed by atoms with van der Waals surface area (Å²) in [6.07, 6.45) is 0. The predicted molar refractivity (Wildman–Crippen MR) is 65.0 cm³/mol. The van der Waals surface area contributed by atoms with Crippen molar-refractivity contribution < 1.29 is 9.47 Å². The Kier molecular flexibility index (Phi) is 4.58. The van der Waals surface area contributed by atoms with Gasteiger partial charge in [0.05, 0.1) is 14.2 Å². The molecule has 4 nitrogen and oxygen atoms in total. The first kappa shape index (κ1) is 12.8. The Morgan fingerprint density at radius 1 is 1.19 bits per heavy atom. The molecule has 4 heteroatoms. The molecule has 0 fully saturated rings. The molecule has 0 aliphatic carbocycles. The van der Waals surface area contributed by atoms with Crippen LogP contribution in [0.4, 0.5) is 0 Å². The summed E-state index contributed by atoms with van der Waals surface area (Å²) >= 11 is 0. The Balaban J connectivity index is 2.89. The molecule has 0 radical (unpaired) electrons. The molecule has 2 N–H and O–H groups in total. The monoisotopic (exact) mass is 224 g/mol. The van der Waals surface area contributed by atoms with Gasteiger partial charge in [0.2, 0.25) is 0 Å². The molecule has 0 bridgehead atoms. The van der Waals surface area contributed by atoms with Crippen molar-refractivity contribution in [3.63, 3.8) is 0 Å². The minimum Gasteiger partial charge on any atom is -0.493 e. The molecule has 0 aliphatic rings. The molecular formula is C12H20N2O2. The van der Waals surface area contributed by atoms with E-state index >= 15 is 0 Å². The van der Waals surface area contributed by atoms with Gasteiger partial charge in [0.15, 0.2) is 11.5 Å². The van der Waals surface area contributed by atoms with E-state index in [0.717, 1.165) is 17.9 Å². The number of hydrogen-bond acceptors (Lipinski definition) is 4. The molecular weight excluding hydrogens is 204 g/mol. The Morgan fingerprint density at radius 3 is 2.31 bits per heavy atom. The molecule has 0 heterocycles. The third-order valence-electron chi connectivity index (χ3n) is 2.40. The van der Waals surface area contributed by atoms with E-state index in [9.17, 15) is 0 Å². The largest absolute Gasteiger partial charge is 0.493 e. The number of nitrogens with zero attached hydrogens (tertiary/aromatic N) is 1. The SMILES string of the molecule is COc1ccc(C(N)CN(C)C)cc1OC. The molecule has 0 saturated carbocycles. The van der Waals surface area contributed by atoms with Gasteiger partial charge in [-0.25, -0.2) is 0 Å². The van der Waals surface area contributed by atoms with Crippen LogP contribution in [0.3, 0.4) is 0 Å². The van der Waals surface area contributed by atoms with Gasteiger partial charge in [-0.3, -0.25) is 0 Å². The lowest BCUT2D eigenvalue weighted by molar-refractivity contribution is 0.351. The van der Waals surface area contributed by atoms with Crippen molar-refractivity contribution in [2.24, 2.45) is 5.73 Å². The smallest absolute Gasteiger partial charge is 0.161 e. The second-order valence-electron chi connectivity index (χ2n) is 3.98. The van der Waals surface area contributed by atoms with Gasteiger partial charge in [-0.1, -0.05) is 6.07 Å². The van der Waals surface area contributed by atoms with Crippen LogP contribution in [0.1, 0.15) is 11.6 Å². The van der Waals surface area contributed by atoms with Gasteiger partial charge >= 0.3 is 0 Å². The summed E-state index contributed by atoms with van der Waals surface area (Å²) in [6, 6.07) is 5.75. The van der Waals surface area contributed by atoms with Crippen LogP contribution in [-0.4, -0.2) is 39.8 Å². The van der Waals surface area contributed by atoms with E-state index < -0.39 is 0 Å². The molecule has 0 spiro atoms. The van der Waals surface area contributed by atoms with Gasteiger partial charge < -0.3 is 20.1 Å². The maximum absolute atomic E-state index is 6.07. The Hall–Kier alpha value is -1.26. The predicted octanol–water partition coefficient (Wildman–Crippen LogP) is 1.27. The molecule has 0 saturated heterocycles. The van der Waals surface area contributed by atoms with Gasteiger partial charge in [-0.15, -0.1) is 0 Å². The third kappa shape index (κ3) is 3.12. The van der Waals surface area contributed by atoms with Gasteiger partial charge in [-0.2, -0.15) is 0 Å². The van der Waals surface area contributed by atoms with Gasteiger partial charge in [0.1, 0.15) is 0 Å². The number of hydrogen-bond donors (Lipinski definition) is 1. The summed E-state index contributed by atoms with van der Waals surface area (Å²) in [5.41, 5.74) is 7.12. The Labute approximate surface area is 96.9 Å². The molecule has 1 unspecified atom stereocenters. The molecule has 1 rings (SSSR count). The molecule has 1 aromatic rings. The van der Waals surface area contributed by atoms with Crippen LogP contribution in [0.2, 0.25) is 0 Å². The zero-order valence-corrected chi connectivity index (χ0v) is 10.4. The number of likely N-dealkylation sites (N-methyl/N-ethyl adjacent to an activating group) is 1. The van der Waals surface area contributed by atoms with Crippen molar-refractivity contribution in [1.29, 1.82) is 0 Å². The summed E-state index contributed by atoms with van der Waals surface area (Å²) in [4.78, 5) is 2.06. The maximum atomic E-state index is 6.07. The normalized spacial score (nSPS) is 12.6. The van der Waals surface area contributed by atoms with Crippen LogP contribution >= 0.6 is 0 Å². The molecule has 1 atom stereocenters. The van der Waals surface area contributed by atoms with Gasteiger partial charge in [0, 0.05) is 12.6 Å². The highest BCUT2D eigenvalue weighted by atomic mass is 16.5. The van der Waals surface area contributed by atoms with E-state index in [0.29, 0.717) is 5.75 Å². The summed E-state index contributed by atoms with van der Waals surface area (Å²) in [5, 5.41) is 0. The van der Waals surface area contributed by atoms with E-state index in [1.807, 2.05) is 32.3 Å². The van der Waals surface area contributed by atoms with E-state index in [2.05, 4.69) is 4.90 Å². The van der Waals surface area contributed by atoms with Crippen LogP contribution in [-0.2, 0) is 0 Å². The van der Waals surface area contributed by atoms with Crippen molar-refractivity contribution >= 4 is 0 Å². The Morgan fingerprint density at radius 2 is 1.81 bits per heavy atom. The summed E-state index contributed by atoms with van der Waals surface area (Å²) in [5.74, 6) is 1.44. The molecule has 0 amide bonds. The first-order chi connectivity index (χ1) is 7.58. The van der Waals surface area contributed by atoms with Crippen molar-refractivity contribution in [3.8, 4) is 11.5 Å². The summed E-state index contributed by atoms with van der Waals surface area (Å²) in [6.45, 7) is 0.801. The number of nitrogens with two attached hydrogens (primary N) is 1. The van der Waals surface area contributed by atoms with Crippen LogP contribution in [0.15, 0.2) is 18.2 Å². The minimum atomic E-state index is -0.0187. The van der Waals surface area contributed by atoms with Crippen LogP contribution in [0, 0.1) is 0 Å². The fourth-order valence-electron chi connectivity index (χ4n) is 1.58. The van der Waals surface area contributed by atoms with Crippen LogP contribution in [0.25, 0.3) is 0 Å². The average Bonchev–Trinajstić information content (AvgIpc) is 2.27. The van der Waals surface area contributed by atoms with E-state index in [1.165, 1.54) is 0 Å². The first-order valence-electron chi connectivity index (χ1n) is 5.20. The van der Waals surface area contributed by atoms with Gasteiger partial charge in [0.25, 0.3) is 0 Å². The quantitative estimate of drug-likeness (QED) is 0.818. The van der Waals surface area contributed by atoms with Crippen molar-refractivity contribution in [2.75, 3.05) is 34.9 Å². The lowest BCUT2D eigenvalue weighted by atomic mass is 10.1. The highest BCUT2D eigenvalue weighted by Gasteiger charge is 2.11. The second kappa shape index (κ2) is 5.72. The van der Waals surface area contributed by atoms with Crippen molar-refractivity contribution in [3.05, 3.63) is 23.8 Å². The van der Waals surface area contributed by atoms with E-state index in [-0.39, 0.29) is 6.04 Å². The van der Waals surface area contributed by atoms with Crippen molar-refractivity contribution in [1.82, 2.24) is 4.90 Å². The molecule has 0 aliphatic heterocycles. The van der Waals surface area contributed by atoms with Crippen LogP contribution in [0.5, 0.6) is 11.5 Å². The number of methoxy groups -OCH3 is 2. The lowest BCUT2D eigenvalue weighted by Crippen LogP contribution is -2.25. The topological polar surface area (TPSA) is 47.7 Å².